The Kier molecular flexibility index (Phi) is 3.98. The highest BCUT2D eigenvalue weighted by Crippen LogP contribution is 2.58. The highest BCUT2D eigenvalue weighted by atomic mass is 16.2. The van der Waals surface area contributed by atoms with Gasteiger partial charge in [0.2, 0.25) is 11.8 Å². The highest BCUT2D eigenvalue weighted by molar-refractivity contribution is 6.09. The number of para-hydroxylation sites is 1. The third-order valence-electron chi connectivity index (χ3n) is 6.34. The first-order chi connectivity index (χ1) is 14.1. The van der Waals surface area contributed by atoms with E-state index in [2.05, 4.69) is 15.6 Å². The SMILES string of the molecule is C[C@@H]1C(=O)N[C@H](c2ccccc2)[C@@]2(C(=O)Nc3ccccc32)[C@@H]1c1ccncc1. The summed E-state index contributed by atoms with van der Waals surface area (Å²) in [4.78, 5) is 31.0. The van der Waals surface area contributed by atoms with E-state index in [9.17, 15) is 9.59 Å². The molecule has 0 aliphatic carbocycles. The molecule has 0 unspecified atom stereocenters. The smallest absolute Gasteiger partial charge is 0.238 e. The zero-order chi connectivity index (χ0) is 20.0. The van der Waals surface area contributed by atoms with Crippen LogP contribution in [0.15, 0.2) is 79.1 Å². The molecule has 5 nitrogen and oxygen atoms in total. The maximum atomic E-state index is 13.7. The lowest BCUT2D eigenvalue weighted by molar-refractivity contribution is -0.135. The first-order valence-electron chi connectivity index (χ1n) is 9.80. The maximum absolute atomic E-state index is 13.7. The third-order valence-corrected chi connectivity index (χ3v) is 6.34. The van der Waals surface area contributed by atoms with Gasteiger partial charge < -0.3 is 10.6 Å². The Morgan fingerprint density at radius 3 is 2.31 bits per heavy atom. The summed E-state index contributed by atoms with van der Waals surface area (Å²) in [5, 5.41) is 6.26. The summed E-state index contributed by atoms with van der Waals surface area (Å²) >= 11 is 0. The van der Waals surface area contributed by atoms with Gasteiger partial charge in [-0.05, 0) is 34.9 Å². The van der Waals surface area contributed by atoms with Gasteiger partial charge in [0.05, 0.1) is 6.04 Å². The molecule has 2 N–H and O–H groups in total. The van der Waals surface area contributed by atoms with Gasteiger partial charge >= 0.3 is 0 Å². The van der Waals surface area contributed by atoms with Gasteiger partial charge in [0, 0.05) is 29.9 Å². The zero-order valence-corrected chi connectivity index (χ0v) is 16.0. The normalized spacial score (nSPS) is 28.0. The minimum Gasteiger partial charge on any atom is -0.348 e. The summed E-state index contributed by atoms with van der Waals surface area (Å²) in [7, 11) is 0. The van der Waals surface area contributed by atoms with Crippen molar-refractivity contribution in [3.8, 4) is 0 Å². The number of hydrogen-bond donors (Lipinski definition) is 2. The van der Waals surface area contributed by atoms with Crippen molar-refractivity contribution in [2.45, 2.75) is 24.3 Å². The first kappa shape index (κ1) is 17.6. The van der Waals surface area contributed by atoms with E-state index >= 15 is 0 Å². The molecule has 3 heterocycles. The number of pyridine rings is 1. The molecule has 1 saturated heterocycles. The van der Waals surface area contributed by atoms with Crippen molar-refractivity contribution in [2.24, 2.45) is 5.92 Å². The Hall–Kier alpha value is -3.47. The molecule has 3 aromatic rings. The Morgan fingerprint density at radius 2 is 1.55 bits per heavy atom. The predicted molar refractivity (Wildman–Crippen MR) is 110 cm³/mol. The van der Waals surface area contributed by atoms with Gasteiger partial charge in [-0.25, -0.2) is 0 Å². The van der Waals surface area contributed by atoms with Crippen LogP contribution in [0.2, 0.25) is 0 Å². The van der Waals surface area contributed by atoms with E-state index in [1.165, 1.54) is 0 Å². The number of nitrogens with zero attached hydrogens (tertiary/aromatic N) is 1. The second kappa shape index (κ2) is 6.55. The molecule has 2 aliphatic heterocycles. The monoisotopic (exact) mass is 383 g/mol. The molecule has 144 valence electrons. The van der Waals surface area contributed by atoms with Gasteiger partial charge in [-0.3, -0.25) is 14.6 Å². The Labute approximate surface area is 169 Å². The van der Waals surface area contributed by atoms with Crippen molar-refractivity contribution in [1.82, 2.24) is 10.3 Å². The quantitative estimate of drug-likeness (QED) is 0.711. The summed E-state index contributed by atoms with van der Waals surface area (Å²) in [5.41, 5.74) is 2.63. The molecule has 5 rings (SSSR count). The van der Waals surface area contributed by atoms with E-state index in [4.69, 9.17) is 0 Å². The molecule has 2 aliphatic rings. The van der Waals surface area contributed by atoms with Crippen molar-refractivity contribution in [2.75, 3.05) is 5.32 Å². The lowest BCUT2D eigenvalue weighted by atomic mass is 9.56. The van der Waals surface area contributed by atoms with Crippen LogP contribution >= 0.6 is 0 Å². The van der Waals surface area contributed by atoms with Crippen LogP contribution in [-0.4, -0.2) is 16.8 Å². The number of hydrogen-bond acceptors (Lipinski definition) is 3. The van der Waals surface area contributed by atoms with E-state index in [1.807, 2.05) is 73.7 Å². The number of piperidine rings is 1. The van der Waals surface area contributed by atoms with Crippen molar-refractivity contribution >= 4 is 17.5 Å². The molecule has 1 aromatic heterocycles. The third kappa shape index (κ3) is 2.43. The molecular weight excluding hydrogens is 362 g/mol. The lowest BCUT2D eigenvalue weighted by Crippen LogP contribution is -2.60. The minimum atomic E-state index is -0.952. The summed E-state index contributed by atoms with van der Waals surface area (Å²) in [6.45, 7) is 1.90. The van der Waals surface area contributed by atoms with Crippen LogP contribution in [0.25, 0.3) is 0 Å². The number of fused-ring (bicyclic) bond motifs is 2. The average Bonchev–Trinajstić information content (AvgIpc) is 3.05. The number of anilines is 1. The van der Waals surface area contributed by atoms with E-state index in [0.717, 1.165) is 22.4 Å². The van der Waals surface area contributed by atoms with Crippen LogP contribution in [0.5, 0.6) is 0 Å². The molecule has 1 spiro atoms. The van der Waals surface area contributed by atoms with Crippen molar-refractivity contribution < 1.29 is 9.59 Å². The fourth-order valence-electron chi connectivity index (χ4n) is 5.12. The van der Waals surface area contributed by atoms with Crippen LogP contribution < -0.4 is 10.6 Å². The first-order valence-corrected chi connectivity index (χ1v) is 9.80. The van der Waals surface area contributed by atoms with E-state index in [-0.39, 0.29) is 23.7 Å². The predicted octanol–water partition coefficient (Wildman–Crippen LogP) is 3.56. The van der Waals surface area contributed by atoms with Gasteiger partial charge in [0.1, 0.15) is 5.41 Å². The second-order valence-electron chi connectivity index (χ2n) is 7.77. The molecular formula is C24H21N3O2. The molecule has 0 radical (unpaired) electrons. The summed E-state index contributed by atoms with van der Waals surface area (Å²) in [6.07, 6.45) is 3.44. The van der Waals surface area contributed by atoms with Gasteiger partial charge in [-0.2, -0.15) is 0 Å². The highest BCUT2D eigenvalue weighted by Gasteiger charge is 2.63. The number of rotatable bonds is 2. The topological polar surface area (TPSA) is 71.1 Å². The molecule has 5 heteroatoms. The Bertz CT molecular complexity index is 1080. The van der Waals surface area contributed by atoms with Crippen molar-refractivity contribution in [3.05, 3.63) is 95.8 Å². The summed E-state index contributed by atoms with van der Waals surface area (Å²) < 4.78 is 0. The second-order valence-corrected chi connectivity index (χ2v) is 7.77. The van der Waals surface area contributed by atoms with Gasteiger partial charge in [-0.1, -0.05) is 55.5 Å². The largest absolute Gasteiger partial charge is 0.348 e. The molecule has 0 bridgehead atoms. The number of aromatic nitrogens is 1. The van der Waals surface area contributed by atoms with E-state index < -0.39 is 11.5 Å². The Morgan fingerprint density at radius 1 is 0.862 bits per heavy atom. The van der Waals surface area contributed by atoms with Crippen LogP contribution in [0.1, 0.15) is 35.6 Å². The van der Waals surface area contributed by atoms with Crippen molar-refractivity contribution in [3.63, 3.8) is 0 Å². The lowest BCUT2D eigenvalue weighted by Gasteiger charge is -2.49. The fraction of sp³-hybridized carbons (Fsp3) is 0.208. The molecule has 2 aromatic carbocycles. The standard InChI is InChI=1S/C24H21N3O2/c1-15-20(16-11-13-25-14-12-16)24(18-9-5-6-10-19(18)26-23(24)29)21(27-22(15)28)17-7-3-2-4-8-17/h2-15,20-21H,1H3,(H,26,29)(H,27,28)/t15-,20-,21+,24-/m0/s1. The molecule has 4 atom stereocenters. The average molecular weight is 383 g/mol. The number of carbonyl (C=O) groups is 2. The molecule has 29 heavy (non-hydrogen) atoms. The summed E-state index contributed by atoms with van der Waals surface area (Å²) in [5.74, 6) is -0.841. The minimum absolute atomic E-state index is 0.0523. The van der Waals surface area contributed by atoms with Gasteiger partial charge in [0.25, 0.3) is 0 Å². The van der Waals surface area contributed by atoms with Crippen LogP contribution in [0, 0.1) is 5.92 Å². The van der Waals surface area contributed by atoms with Gasteiger partial charge in [-0.15, -0.1) is 0 Å². The molecule has 2 amide bonds. The number of benzene rings is 2. The van der Waals surface area contributed by atoms with Crippen LogP contribution in [-0.2, 0) is 15.0 Å². The maximum Gasteiger partial charge on any atom is 0.238 e. The van der Waals surface area contributed by atoms with Crippen LogP contribution in [0.4, 0.5) is 5.69 Å². The Balaban J connectivity index is 1.83. The number of nitrogens with one attached hydrogen (secondary N) is 2. The number of amides is 2. The van der Waals surface area contributed by atoms with E-state index in [1.54, 1.807) is 12.4 Å². The van der Waals surface area contributed by atoms with Crippen LogP contribution in [0.3, 0.4) is 0 Å². The van der Waals surface area contributed by atoms with Crippen molar-refractivity contribution in [1.29, 1.82) is 0 Å². The fourth-order valence-corrected chi connectivity index (χ4v) is 5.12. The summed E-state index contributed by atoms with van der Waals surface area (Å²) in [6, 6.07) is 20.9. The molecule has 1 fully saturated rings. The zero-order valence-electron chi connectivity index (χ0n) is 16.0. The number of carbonyl (C=O) groups excluding carboxylic acids is 2. The van der Waals surface area contributed by atoms with Gasteiger partial charge in [0.15, 0.2) is 0 Å². The molecule has 0 saturated carbocycles. The van der Waals surface area contributed by atoms with E-state index in [0.29, 0.717) is 0 Å².